The number of hydrogen-bond acceptors (Lipinski definition) is 3. The zero-order valence-corrected chi connectivity index (χ0v) is 14.7. The Morgan fingerprint density at radius 1 is 0.962 bits per heavy atom. The van der Waals surface area contributed by atoms with Crippen LogP contribution >= 0.6 is 0 Å². The van der Waals surface area contributed by atoms with Crippen molar-refractivity contribution in [3.8, 4) is 11.1 Å². The van der Waals surface area contributed by atoms with E-state index in [-0.39, 0.29) is 30.2 Å². The molecule has 1 amide bonds. The van der Waals surface area contributed by atoms with Crippen molar-refractivity contribution in [2.24, 2.45) is 0 Å². The molecule has 0 radical (unpaired) electrons. The maximum atomic E-state index is 12.8. The number of benzene rings is 2. The van der Waals surface area contributed by atoms with E-state index in [9.17, 15) is 9.90 Å². The molecule has 0 saturated carbocycles. The number of carbonyl (C=O) groups excluding carboxylic acids is 1. The maximum Gasteiger partial charge on any atom is 0.410 e. The quantitative estimate of drug-likeness (QED) is 0.894. The molecule has 2 aliphatic heterocycles. The van der Waals surface area contributed by atoms with E-state index in [1.54, 1.807) is 0 Å². The smallest absolute Gasteiger partial charge is 0.410 e. The van der Waals surface area contributed by atoms with Crippen LogP contribution in [0.15, 0.2) is 48.5 Å². The fourth-order valence-electron chi connectivity index (χ4n) is 5.11. The first-order valence-corrected chi connectivity index (χ1v) is 9.53. The lowest BCUT2D eigenvalue weighted by molar-refractivity contribution is 0.0238. The molecule has 1 N–H and O–H groups in total. The predicted octanol–water partition coefficient (Wildman–Crippen LogP) is 3.92. The monoisotopic (exact) mass is 349 g/mol. The third kappa shape index (κ3) is 2.43. The minimum absolute atomic E-state index is 0.0967. The van der Waals surface area contributed by atoms with Crippen molar-refractivity contribution in [2.75, 3.05) is 6.61 Å². The van der Waals surface area contributed by atoms with Crippen molar-refractivity contribution in [3.05, 3.63) is 59.7 Å². The standard InChI is InChI=1S/C22H23NO3/c24-16-11-14-9-10-15(12-16)23(14)22(25)26-13-21-19-7-3-1-5-17(19)18-6-2-4-8-20(18)21/h1-8,14-16,21,24H,9-13H2/t14-,15+,16?. The normalized spacial score (nSPS) is 26.5. The molecule has 2 heterocycles. The molecule has 3 aliphatic rings. The van der Waals surface area contributed by atoms with Gasteiger partial charge in [0.05, 0.1) is 6.10 Å². The summed E-state index contributed by atoms with van der Waals surface area (Å²) in [5.41, 5.74) is 4.95. The van der Waals surface area contributed by atoms with E-state index < -0.39 is 0 Å². The molecule has 4 nitrogen and oxygen atoms in total. The minimum atomic E-state index is -0.273. The average molecular weight is 349 g/mol. The van der Waals surface area contributed by atoms with E-state index in [1.165, 1.54) is 22.3 Å². The van der Waals surface area contributed by atoms with Gasteiger partial charge in [0.25, 0.3) is 0 Å². The van der Waals surface area contributed by atoms with Crippen LogP contribution in [0.5, 0.6) is 0 Å². The maximum absolute atomic E-state index is 12.8. The summed E-state index contributed by atoms with van der Waals surface area (Å²) in [6.07, 6.45) is 2.83. The van der Waals surface area contributed by atoms with Gasteiger partial charge < -0.3 is 14.7 Å². The minimum Gasteiger partial charge on any atom is -0.448 e. The van der Waals surface area contributed by atoms with Gasteiger partial charge in [0.2, 0.25) is 0 Å². The zero-order valence-electron chi connectivity index (χ0n) is 14.7. The number of carbonyl (C=O) groups is 1. The van der Waals surface area contributed by atoms with Crippen molar-refractivity contribution < 1.29 is 14.6 Å². The van der Waals surface area contributed by atoms with Crippen LogP contribution in [0.25, 0.3) is 11.1 Å². The summed E-state index contributed by atoms with van der Waals surface area (Å²) in [6, 6.07) is 17.0. The predicted molar refractivity (Wildman–Crippen MR) is 99.0 cm³/mol. The lowest BCUT2D eigenvalue weighted by Crippen LogP contribution is -2.48. The Labute approximate surface area is 153 Å². The Hall–Kier alpha value is -2.33. The lowest BCUT2D eigenvalue weighted by Gasteiger charge is -2.36. The van der Waals surface area contributed by atoms with Crippen LogP contribution in [0.3, 0.4) is 0 Å². The van der Waals surface area contributed by atoms with Crippen molar-refractivity contribution in [2.45, 2.75) is 49.8 Å². The third-order valence-corrected chi connectivity index (χ3v) is 6.26. The van der Waals surface area contributed by atoms with Gasteiger partial charge in [0.15, 0.2) is 0 Å². The van der Waals surface area contributed by atoms with E-state index >= 15 is 0 Å². The van der Waals surface area contributed by atoms with Gasteiger partial charge >= 0.3 is 6.09 Å². The highest BCUT2D eigenvalue weighted by Crippen LogP contribution is 2.45. The summed E-state index contributed by atoms with van der Waals surface area (Å²) < 4.78 is 5.80. The van der Waals surface area contributed by atoms with Gasteiger partial charge in [-0.1, -0.05) is 48.5 Å². The SMILES string of the molecule is O=C(OCC1c2ccccc2-c2ccccc21)N1[C@@H]2CC[C@H]1CC(O)C2. The molecule has 1 aliphatic carbocycles. The van der Waals surface area contributed by atoms with E-state index in [2.05, 4.69) is 36.4 Å². The molecule has 2 aromatic rings. The van der Waals surface area contributed by atoms with Crippen LogP contribution < -0.4 is 0 Å². The largest absolute Gasteiger partial charge is 0.448 e. The highest BCUT2D eigenvalue weighted by molar-refractivity contribution is 5.79. The molecule has 4 heteroatoms. The molecule has 2 saturated heterocycles. The molecule has 0 spiro atoms. The van der Waals surface area contributed by atoms with Gasteiger partial charge in [-0.3, -0.25) is 0 Å². The molecule has 26 heavy (non-hydrogen) atoms. The number of aliphatic hydroxyl groups excluding tert-OH is 1. The Morgan fingerprint density at radius 3 is 2.08 bits per heavy atom. The first-order chi connectivity index (χ1) is 12.7. The molecule has 0 aromatic heterocycles. The van der Waals surface area contributed by atoms with Crippen LogP contribution in [0, 0.1) is 0 Å². The zero-order chi connectivity index (χ0) is 17.7. The molecule has 2 fully saturated rings. The number of nitrogens with zero attached hydrogens (tertiary/aromatic N) is 1. The molecule has 2 aromatic carbocycles. The van der Waals surface area contributed by atoms with Crippen molar-refractivity contribution >= 4 is 6.09 Å². The average Bonchev–Trinajstić information content (AvgIpc) is 3.12. The Balaban J connectivity index is 1.35. The van der Waals surface area contributed by atoms with Crippen LogP contribution in [-0.2, 0) is 4.74 Å². The van der Waals surface area contributed by atoms with Crippen molar-refractivity contribution in [1.29, 1.82) is 0 Å². The highest BCUT2D eigenvalue weighted by Gasteiger charge is 2.44. The number of piperidine rings is 1. The second kappa shape index (κ2) is 6.13. The van der Waals surface area contributed by atoms with Crippen LogP contribution in [0.1, 0.15) is 42.7 Å². The molecule has 5 rings (SSSR count). The number of aliphatic hydroxyl groups is 1. The summed E-state index contributed by atoms with van der Waals surface area (Å²) in [6.45, 7) is 0.366. The summed E-state index contributed by atoms with van der Waals surface area (Å²) >= 11 is 0. The van der Waals surface area contributed by atoms with E-state index in [4.69, 9.17) is 4.74 Å². The highest BCUT2D eigenvalue weighted by atomic mass is 16.6. The molecular weight excluding hydrogens is 326 g/mol. The number of fused-ring (bicyclic) bond motifs is 5. The van der Waals surface area contributed by atoms with Gasteiger partial charge in [-0.05, 0) is 47.9 Å². The van der Waals surface area contributed by atoms with Gasteiger partial charge in [-0.2, -0.15) is 0 Å². The summed E-state index contributed by atoms with van der Waals surface area (Å²) in [5.74, 6) is 0.0967. The Morgan fingerprint density at radius 2 is 1.50 bits per heavy atom. The molecule has 134 valence electrons. The third-order valence-electron chi connectivity index (χ3n) is 6.26. The first kappa shape index (κ1) is 15.9. The molecular formula is C22H23NO3. The second-order valence-corrected chi connectivity index (χ2v) is 7.72. The van der Waals surface area contributed by atoms with E-state index in [0.717, 1.165) is 12.8 Å². The van der Waals surface area contributed by atoms with Gasteiger partial charge in [-0.15, -0.1) is 0 Å². The van der Waals surface area contributed by atoms with E-state index in [1.807, 2.05) is 17.0 Å². The molecule has 2 bridgehead atoms. The van der Waals surface area contributed by atoms with Crippen molar-refractivity contribution in [1.82, 2.24) is 4.90 Å². The summed E-state index contributed by atoms with van der Waals surface area (Å²) in [4.78, 5) is 14.7. The van der Waals surface area contributed by atoms with Gasteiger partial charge in [0, 0.05) is 18.0 Å². The van der Waals surface area contributed by atoms with Crippen LogP contribution in [0.2, 0.25) is 0 Å². The summed E-state index contributed by atoms with van der Waals surface area (Å²) in [7, 11) is 0. The molecule has 1 unspecified atom stereocenters. The van der Waals surface area contributed by atoms with Crippen LogP contribution in [-0.4, -0.2) is 40.9 Å². The summed E-state index contributed by atoms with van der Waals surface area (Å²) in [5, 5.41) is 9.93. The van der Waals surface area contributed by atoms with Crippen molar-refractivity contribution in [3.63, 3.8) is 0 Å². The van der Waals surface area contributed by atoms with Gasteiger partial charge in [0.1, 0.15) is 6.61 Å². The number of amides is 1. The number of rotatable bonds is 2. The van der Waals surface area contributed by atoms with Crippen LogP contribution in [0.4, 0.5) is 4.79 Å². The number of hydrogen-bond donors (Lipinski definition) is 1. The Bertz CT molecular complexity index is 789. The fourth-order valence-corrected chi connectivity index (χ4v) is 5.11. The molecule has 3 atom stereocenters. The lowest BCUT2D eigenvalue weighted by atomic mass is 9.98. The second-order valence-electron chi connectivity index (χ2n) is 7.72. The van der Waals surface area contributed by atoms with Gasteiger partial charge in [-0.25, -0.2) is 4.79 Å². The topological polar surface area (TPSA) is 49.8 Å². The van der Waals surface area contributed by atoms with E-state index in [0.29, 0.717) is 19.4 Å². The fraction of sp³-hybridized carbons (Fsp3) is 0.409. The first-order valence-electron chi connectivity index (χ1n) is 9.53. The number of ether oxygens (including phenoxy) is 1. The Kier molecular flexibility index (Phi) is 3.75.